The van der Waals surface area contributed by atoms with Crippen LogP contribution in [0.3, 0.4) is 0 Å². The fourth-order valence-electron chi connectivity index (χ4n) is 1.85. The summed E-state index contributed by atoms with van der Waals surface area (Å²) in [6, 6.07) is 1.13. The number of nitrogens with zero attached hydrogens (tertiary/aromatic N) is 4. The third kappa shape index (κ3) is 2.50. The van der Waals surface area contributed by atoms with E-state index in [1.807, 2.05) is 11.9 Å². The molecule has 17 heavy (non-hydrogen) atoms. The monoisotopic (exact) mass is 240 g/mol. The maximum absolute atomic E-state index is 13.1. The molecule has 1 aliphatic heterocycles. The van der Waals surface area contributed by atoms with Crippen LogP contribution in [-0.2, 0) is 0 Å². The zero-order valence-electron chi connectivity index (χ0n) is 9.47. The molecule has 0 radical (unpaired) electrons. The minimum atomic E-state index is -0.690. The number of hydrogen-bond donors (Lipinski definition) is 0. The van der Waals surface area contributed by atoms with Crippen LogP contribution in [0, 0.1) is 16.1 Å². The van der Waals surface area contributed by atoms with Crippen LogP contribution < -0.4 is 4.90 Å². The molecule has 1 fully saturated rings. The minimum absolute atomic E-state index is 0.143. The van der Waals surface area contributed by atoms with E-state index in [0.717, 1.165) is 25.4 Å². The molecule has 0 aromatic carbocycles. The molecule has 1 aromatic rings. The number of aromatic nitrogens is 1. The molecule has 2 heterocycles. The number of halogens is 1. The summed E-state index contributed by atoms with van der Waals surface area (Å²) in [5, 5.41) is 10.8. The van der Waals surface area contributed by atoms with Crippen molar-refractivity contribution in [3.8, 4) is 0 Å². The van der Waals surface area contributed by atoms with Crippen molar-refractivity contribution in [3.63, 3.8) is 0 Å². The molecular formula is C10H13FN4O2. The number of anilines is 1. The van der Waals surface area contributed by atoms with Gasteiger partial charge in [-0.3, -0.25) is 10.1 Å². The summed E-state index contributed by atoms with van der Waals surface area (Å²) in [6.07, 6.45) is 0.975. The fourth-order valence-corrected chi connectivity index (χ4v) is 1.85. The van der Waals surface area contributed by atoms with Gasteiger partial charge in [-0.25, -0.2) is 4.98 Å². The number of nitro groups is 1. The standard InChI is InChI=1S/C10H13FN4O2/c1-13-2-4-14(5-3-13)8-6-10(11)12-7-9(8)15(16)17/h6-7H,2-5H2,1H3. The van der Waals surface area contributed by atoms with Gasteiger partial charge in [0.1, 0.15) is 11.9 Å². The molecule has 1 aromatic heterocycles. The maximum Gasteiger partial charge on any atom is 0.310 e. The van der Waals surface area contributed by atoms with Gasteiger partial charge in [0, 0.05) is 32.2 Å². The SMILES string of the molecule is CN1CCN(c2cc(F)ncc2[N+](=O)[O-])CC1. The van der Waals surface area contributed by atoms with E-state index in [2.05, 4.69) is 9.88 Å². The van der Waals surface area contributed by atoms with Crippen molar-refractivity contribution in [2.75, 3.05) is 38.1 Å². The highest BCUT2D eigenvalue weighted by Crippen LogP contribution is 2.28. The lowest BCUT2D eigenvalue weighted by Gasteiger charge is -2.33. The summed E-state index contributed by atoms with van der Waals surface area (Å²) in [6.45, 7) is 2.92. The van der Waals surface area contributed by atoms with E-state index in [0.29, 0.717) is 18.8 Å². The normalized spacial score (nSPS) is 17.2. The van der Waals surface area contributed by atoms with Crippen molar-refractivity contribution >= 4 is 11.4 Å². The van der Waals surface area contributed by atoms with E-state index in [-0.39, 0.29) is 5.69 Å². The van der Waals surface area contributed by atoms with Crippen molar-refractivity contribution in [1.29, 1.82) is 0 Å². The zero-order valence-corrected chi connectivity index (χ0v) is 9.47. The number of hydrogen-bond acceptors (Lipinski definition) is 5. The van der Waals surface area contributed by atoms with Gasteiger partial charge in [-0.2, -0.15) is 4.39 Å². The summed E-state index contributed by atoms with van der Waals surface area (Å²) < 4.78 is 13.1. The lowest BCUT2D eigenvalue weighted by atomic mass is 10.2. The van der Waals surface area contributed by atoms with E-state index < -0.39 is 10.9 Å². The van der Waals surface area contributed by atoms with Crippen LogP contribution in [0.5, 0.6) is 0 Å². The van der Waals surface area contributed by atoms with Gasteiger partial charge in [0.15, 0.2) is 0 Å². The Kier molecular flexibility index (Phi) is 3.19. The van der Waals surface area contributed by atoms with Crippen molar-refractivity contribution < 1.29 is 9.31 Å². The van der Waals surface area contributed by atoms with E-state index in [9.17, 15) is 14.5 Å². The van der Waals surface area contributed by atoms with E-state index in [4.69, 9.17) is 0 Å². The third-order valence-electron chi connectivity index (χ3n) is 2.87. The van der Waals surface area contributed by atoms with Gasteiger partial charge in [0.05, 0.1) is 4.92 Å². The summed E-state index contributed by atoms with van der Waals surface area (Å²) >= 11 is 0. The van der Waals surface area contributed by atoms with Gasteiger partial charge < -0.3 is 9.80 Å². The topological polar surface area (TPSA) is 62.5 Å². The van der Waals surface area contributed by atoms with Crippen molar-refractivity contribution in [3.05, 3.63) is 28.3 Å². The second-order valence-electron chi connectivity index (χ2n) is 4.04. The molecule has 0 unspecified atom stereocenters. The van der Waals surface area contributed by atoms with Gasteiger partial charge in [-0.15, -0.1) is 0 Å². The summed E-state index contributed by atoms with van der Waals surface area (Å²) in [4.78, 5) is 17.6. The Morgan fingerprint density at radius 1 is 1.41 bits per heavy atom. The Hall–Kier alpha value is -1.76. The highest BCUT2D eigenvalue weighted by molar-refractivity contribution is 5.62. The van der Waals surface area contributed by atoms with Gasteiger partial charge in [0.2, 0.25) is 5.95 Å². The molecule has 6 nitrogen and oxygen atoms in total. The molecule has 0 bridgehead atoms. The largest absolute Gasteiger partial charge is 0.363 e. The molecule has 2 rings (SSSR count). The lowest BCUT2D eigenvalue weighted by molar-refractivity contribution is -0.384. The van der Waals surface area contributed by atoms with Gasteiger partial charge >= 0.3 is 5.69 Å². The molecular weight excluding hydrogens is 227 g/mol. The first-order valence-electron chi connectivity index (χ1n) is 5.31. The van der Waals surface area contributed by atoms with Crippen LogP contribution in [0.1, 0.15) is 0 Å². The van der Waals surface area contributed by atoms with Crippen molar-refractivity contribution in [2.24, 2.45) is 0 Å². The second-order valence-corrected chi connectivity index (χ2v) is 4.04. The first-order chi connectivity index (χ1) is 8.08. The molecule has 0 atom stereocenters. The van der Waals surface area contributed by atoms with Gasteiger partial charge in [-0.1, -0.05) is 0 Å². The zero-order chi connectivity index (χ0) is 12.4. The Labute approximate surface area is 97.8 Å². The van der Waals surface area contributed by atoms with E-state index in [1.165, 1.54) is 0 Å². The number of pyridine rings is 1. The molecule has 0 spiro atoms. The molecule has 1 aliphatic rings. The number of likely N-dealkylation sites (N-methyl/N-ethyl adjacent to an activating group) is 1. The molecule has 1 saturated heterocycles. The predicted molar refractivity (Wildman–Crippen MR) is 60.6 cm³/mol. The van der Waals surface area contributed by atoms with E-state index >= 15 is 0 Å². The summed E-state index contributed by atoms with van der Waals surface area (Å²) in [5.74, 6) is -0.690. The first kappa shape index (κ1) is 11.7. The number of piperazine rings is 1. The summed E-state index contributed by atoms with van der Waals surface area (Å²) in [7, 11) is 1.99. The van der Waals surface area contributed by atoms with Gasteiger partial charge in [0.25, 0.3) is 0 Å². The first-order valence-corrected chi connectivity index (χ1v) is 5.31. The third-order valence-corrected chi connectivity index (χ3v) is 2.87. The lowest BCUT2D eigenvalue weighted by Crippen LogP contribution is -2.44. The minimum Gasteiger partial charge on any atom is -0.363 e. The van der Waals surface area contributed by atoms with Crippen LogP contribution in [0.4, 0.5) is 15.8 Å². The van der Waals surface area contributed by atoms with Crippen molar-refractivity contribution in [2.45, 2.75) is 0 Å². The Morgan fingerprint density at radius 2 is 2.06 bits per heavy atom. The van der Waals surface area contributed by atoms with Gasteiger partial charge in [-0.05, 0) is 7.05 Å². The fraction of sp³-hybridized carbons (Fsp3) is 0.500. The highest BCUT2D eigenvalue weighted by Gasteiger charge is 2.23. The smallest absolute Gasteiger partial charge is 0.310 e. The van der Waals surface area contributed by atoms with Crippen LogP contribution in [0.2, 0.25) is 0 Å². The van der Waals surface area contributed by atoms with Crippen LogP contribution in [0.25, 0.3) is 0 Å². The molecule has 92 valence electrons. The molecule has 0 aliphatic carbocycles. The molecule has 0 amide bonds. The predicted octanol–water partition coefficient (Wildman–Crippen LogP) is 0.881. The Morgan fingerprint density at radius 3 is 2.65 bits per heavy atom. The van der Waals surface area contributed by atoms with Crippen molar-refractivity contribution in [1.82, 2.24) is 9.88 Å². The van der Waals surface area contributed by atoms with Crippen LogP contribution >= 0.6 is 0 Å². The maximum atomic E-state index is 13.1. The molecule has 0 saturated carbocycles. The van der Waals surface area contributed by atoms with E-state index in [1.54, 1.807) is 0 Å². The Bertz CT molecular complexity index is 432. The average Bonchev–Trinajstić information content (AvgIpc) is 2.29. The molecule has 7 heteroatoms. The average molecular weight is 240 g/mol. The quantitative estimate of drug-likeness (QED) is 0.436. The second kappa shape index (κ2) is 4.62. The highest BCUT2D eigenvalue weighted by atomic mass is 19.1. The van der Waals surface area contributed by atoms with Crippen LogP contribution in [-0.4, -0.2) is 48.0 Å². The molecule has 0 N–H and O–H groups in total. The Balaban J connectivity index is 2.30. The van der Waals surface area contributed by atoms with Crippen LogP contribution in [0.15, 0.2) is 12.3 Å². The number of rotatable bonds is 2. The summed E-state index contributed by atoms with van der Waals surface area (Å²) in [5.41, 5.74) is 0.173.